The maximum atomic E-state index is 11.6. The third-order valence-electron chi connectivity index (χ3n) is 3.88. The molecule has 0 saturated carbocycles. The minimum Gasteiger partial charge on any atom is -0.492 e. The second kappa shape index (κ2) is 8.92. The van der Waals surface area contributed by atoms with E-state index in [4.69, 9.17) is 9.47 Å². The van der Waals surface area contributed by atoms with Crippen molar-refractivity contribution in [3.05, 3.63) is 29.8 Å². The number of likely N-dealkylation sites (tertiary alicyclic amines) is 1. The lowest BCUT2D eigenvalue weighted by Gasteiger charge is -2.19. The van der Waals surface area contributed by atoms with Crippen molar-refractivity contribution >= 4 is 6.09 Å². The van der Waals surface area contributed by atoms with Crippen LogP contribution in [-0.2, 0) is 11.2 Å². The van der Waals surface area contributed by atoms with Crippen molar-refractivity contribution in [1.82, 2.24) is 10.2 Å². The second-order valence-electron chi connectivity index (χ2n) is 7.22. The van der Waals surface area contributed by atoms with Gasteiger partial charge in [0.1, 0.15) is 18.0 Å². The van der Waals surface area contributed by atoms with Gasteiger partial charge in [0, 0.05) is 13.1 Å². The first kappa shape index (κ1) is 18.6. The Bertz CT molecular complexity index is 502. The van der Waals surface area contributed by atoms with Crippen LogP contribution in [0.5, 0.6) is 5.75 Å². The molecule has 0 radical (unpaired) electrons. The van der Waals surface area contributed by atoms with E-state index >= 15 is 0 Å². The van der Waals surface area contributed by atoms with Crippen LogP contribution in [0.4, 0.5) is 4.79 Å². The van der Waals surface area contributed by atoms with Crippen molar-refractivity contribution in [2.45, 2.75) is 45.6 Å². The minimum absolute atomic E-state index is 0.371. The van der Waals surface area contributed by atoms with Gasteiger partial charge in [-0.25, -0.2) is 4.79 Å². The summed E-state index contributed by atoms with van der Waals surface area (Å²) in [7, 11) is 0. The Hall–Kier alpha value is -1.75. The zero-order valence-electron chi connectivity index (χ0n) is 15.1. The summed E-state index contributed by atoms with van der Waals surface area (Å²) in [6.45, 7) is 10.3. The maximum absolute atomic E-state index is 11.6. The van der Waals surface area contributed by atoms with Gasteiger partial charge in [-0.3, -0.25) is 4.90 Å². The van der Waals surface area contributed by atoms with Crippen LogP contribution in [0.15, 0.2) is 24.3 Å². The lowest BCUT2D eigenvalue weighted by atomic mass is 10.1. The Morgan fingerprint density at radius 1 is 1.17 bits per heavy atom. The summed E-state index contributed by atoms with van der Waals surface area (Å²) in [6.07, 6.45) is 3.02. The molecule has 1 aliphatic heterocycles. The topological polar surface area (TPSA) is 50.8 Å². The molecule has 1 fully saturated rings. The van der Waals surface area contributed by atoms with Crippen molar-refractivity contribution in [3.8, 4) is 5.75 Å². The Balaban J connectivity index is 1.63. The molecule has 1 aromatic carbocycles. The molecular formula is C19H30N2O3. The van der Waals surface area contributed by atoms with E-state index in [1.54, 1.807) is 0 Å². The van der Waals surface area contributed by atoms with Gasteiger partial charge >= 0.3 is 6.09 Å². The summed E-state index contributed by atoms with van der Waals surface area (Å²) in [4.78, 5) is 14.0. The van der Waals surface area contributed by atoms with E-state index in [9.17, 15) is 4.79 Å². The molecule has 0 aromatic heterocycles. The smallest absolute Gasteiger partial charge is 0.407 e. The molecule has 1 aliphatic rings. The molecule has 5 heteroatoms. The number of hydrogen-bond acceptors (Lipinski definition) is 4. The SMILES string of the molecule is CC(C)(C)OC(=O)NCCc1ccc(OCCN2CCCC2)cc1. The van der Waals surface area contributed by atoms with E-state index < -0.39 is 5.60 Å². The molecule has 1 N–H and O–H groups in total. The summed E-state index contributed by atoms with van der Waals surface area (Å²) < 4.78 is 11.0. The zero-order valence-corrected chi connectivity index (χ0v) is 15.1. The molecule has 1 aromatic rings. The highest BCUT2D eigenvalue weighted by atomic mass is 16.6. The molecule has 1 saturated heterocycles. The van der Waals surface area contributed by atoms with Gasteiger partial charge in [-0.05, 0) is 70.8 Å². The number of benzene rings is 1. The van der Waals surface area contributed by atoms with Gasteiger partial charge in [0.25, 0.3) is 0 Å². The van der Waals surface area contributed by atoms with Crippen LogP contribution in [0.3, 0.4) is 0 Å². The number of carbonyl (C=O) groups excluding carboxylic acids is 1. The molecule has 24 heavy (non-hydrogen) atoms. The summed E-state index contributed by atoms with van der Waals surface area (Å²) in [5.41, 5.74) is 0.705. The van der Waals surface area contributed by atoms with Crippen LogP contribution in [0.1, 0.15) is 39.2 Å². The van der Waals surface area contributed by atoms with Crippen molar-refractivity contribution in [2.75, 3.05) is 32.8 Å². The number of ether oxygens (including phenoxy) is 2. The number of amides is 1. The highest BCUT2D eigenvalue weighted by Crippen LogP contribution is 2.13. The van der Waals surface area contributed by atoms with Crippen molar-refractivity contribution in [1.29, 1.82) is 0 Å². The average molecular weight is 334 g/mol. The number of hydrogen-bond donors (Lipinski definition) is 1. The fourth-order valence-corrected chi connectivity index (χ4v) is 2.67. The number of alkyl carbamates (subject to hydrolysis) is 1. The molecule has 0 spiro atoms. The molecule has 134 valence electrons. The largest absolute Gasteiger partial charge is 0.492 e. The van der Waals surface area contributed by atoms with Crippen LogP contribution in [-0.4, -0.2) is 49.4 Å². The molecular weight excluding hydrogens is 304 g/mol. The van der Waals surface area contributed by atoms with Crippen LogP contribution in [0.2, 0.25) is 0 Å². The Kier molecular flexibility index (Phi) is 6.91. The first-order chi connectivity index (χ1) is 11.4. The number of rotatable bonds is 7. The monoisotopic (exact) mass is 334 g/mol. The summed E-state index contributed by atoms with van der Waals surface area (Å²) in [6, 6.07) is 8.07. The molecule has 2 rings (SSSR count). The van der Waals surface area contributed by atoms with E-state index in [-0.39, 0.29) is 6.09 Å². The molecule has 5 nitrogen and oxygen atoms in total. The first-order valence-corrected chi connectivity index (χ1v) is 8.83. The molecule has 0 unspecified atom stereocenters. The highest BCUT2D eigenvalue weighted by Gasteiger charge is 2.15. The van der Waals surface area contributed by atoms with Gasteiger partial charge in [-0.1, -0.05) is 12.1 Å². The first-order valence-electron chi connectivity index (χ1n) is 8.83. The number of nitrogens with zero attached hydrogens (tertiary/aromatic N) is 1. The Morgan fingerprint density at radius 3 is 2.46 bits per heavy atom. The molecule has 0 bridgehead atoms. The van der Waals surface area contributed by atoms with Gasteiger partial charge in [0.2, 0.25) is 0 Å². The molecule has 1 heterocycles. The van der Waals surface area contributed by atoms with Gasteiger partial charge in [-0.15, -0.1) is 0 Å². The van der Waals surface area contributed by atoms with Crippen LogP contribution < -0.4 is 10.1 Å². The molecule has 1 amide bonds. The van der Waals surface area contributed by atoms with Crippen LogP contribution >= 0.6 is 0 Å². The van der Waals surface area contributed by atoms with E-state index in [2.05, 4.69) is 10.2 Å². The van der Waals surface area contributed by atoms with Crippen molar-refractivity contribution in [2.24, 2.45) is 0 Å². The van der Waals surface area contributed by atoms with E-state index in [1.807, 2.05) is 45.0 Å². The average Bonchev–Trinajstić information content (AvgIpc) is 3.00. The fraction of sp³-hybridized carbons (Fsp3) is 0.632. The molecule has 0 atom stereocenters. The predicted octanol–water partition coefficient (Wildman–Crippen LogP) is 3.23. The number of nitrogens with one attached hydrogen (secondary N) is 1. The lowest BCUT2D eigenvalue weighted by molar-refractivity contribution is 0.0528. The normalized spacial score (nSPS) is 15.3. The highest BCUT2D eigenvalue weighted by molar-refractivity contribution is 5.67. The van der Waals surface area contributed by atoms with Crippen molar-refractivity contribution in [3.63, 3.8) is 0 Å². The minimum atomic E-state index is -0.460. The van der Waals surface area contributed by atoms with E-state index in [1.165, 1.54) is 25.9 Å². The summed E-state index contributed by atoms with van der Waals surface area (Å²) in [5, 5.41) is 2.77. The van der Waals surface area contributed by atoms with Gasteiger partial charge in [0.15, 0.2) is 0 Å². The van der Waals surface area contributed by atoms with Gasteiger partial charge in [0.05, 0.1) is 0 Å². The predicted molar refractivity (Wildman–Crippen MR) is 95.6 cm³/mol. The van der Waals surface area contributed by atoms with Gasteiger partial charge in [-0.2, -0.15) is 0 Å². The van der Waals surface area contributed by atoms with E-state index in [0.29, 0.717) is 6.54 Å². The fourth-order valence-electron chi connectivity index (χ4n) is 2.67. The number of carbonyl (C=O) groups is 1. The third kappa shape index (κ3) is 7.21. The standard InChI is InChI=1S/C19H30N2O3/c1-19(2,3)24-18(22)20-11-10-16-6-8-17(9-7-16)23-15-14-21-12-4-5-13-21/h6-9H,4-5,10-15H2,1-3H3,(H,20,22). The van der Waals surface area contributed by atoms with Crippen LogP contribution in [0, 0.1) is 0 Å². The lowest BCUT2D eigenvalue weighted by Crippen LogP contribution is -2.33. The Morgan fingerprint density at radius 2 is 1.83 bits per heavy atom. The second-order valence-corrected chi connectivity index (χ2v) is 7.22. The van der Waals surface area contributed by atoms with Crippen LogP contribution in [0.25, 0.3) is 0 Å². The van der Waals surface area contributed by atoms with Gasteiger partial charge < -0.3 is 14.8 Å². The van der Waals surface area contributed by atoms with E-state index in [0.717, 1.165) is 30.9 Å². The zero-order chi connectivity index (χ0) is 17.4. The maximum Gasteiger partial charge on any atom is 0.407 e. The summed E-state index contributed by atoms with van der Waals surface area (Å²) in [5.74, 6) is 0.901. The molecule has 0 aliphatic carbocycles. The third-order valence-corrected chi connectivity index (χ3v) is 3.88. The quantitative estimate of drug-likeness (QED) is 0.832. The Labute approximate surface area is 145 Å². The summed E-state index contributed by atoms with van der Waals surface area (Å²) >= 11 is 0. The van der Waals surface area contributed by atoms with Crippen molar-refractivity contribution < 1.29 is 14.3 Å².